The molecule has 0 unspecified atom stereocenters. The van der Waals surface area contributed by atoms with Gasteiger partial charge in [0.15, 0.2) is 0 Å². The quantitative estimate of drug-likeness (QED) is 0.663. The van der Waals surface area contributed by atoms with Gasteiger partial charge < -0.3 is 10.2 Å². The molecule has 0 radical (unpaired) electrons. The average molecular weight is 268 g/mol. The summed E-state index contributed by atoms with van der Waals surface area (Å²) in [5.41, 5.74) is 5.22. The van der Waals surface area contributed by atoms with Gasteiger partial charge >= 0.3 is 0 Å². The Bertz CT molecular complexity index is 587. The van der Waals surface area contributed by atoms with Crippen LogP contribution in [0.3, 0.4) is 0 Å². The van der Waals surface area contributed by atoms with Crippen LogP contribution in [0.15, 0.2) is 38.7 Å². The number of amidine groups is 1. The van der Waals surface area contributed by atoms with Gasteiger partial charge in [0.2, 0.25) is 0 Å². The molecule has 3 N–H and O–H groups in total. The van der Waals surface area contributed by atoms with Gasteiger partial charge in [-0.25, -0.2) is 8.78 Å². The molecule has 2 aromatic rings. The summed E-state index contributed by atoms with van der Waals surface area (Å²) in [6, 6.07) is 3.73. The van der Waals surface area contributed by atoms with E-state index >= 15 is 0 Å². The second-order valence-electron chi connectivity index (χ2n) is 3.63. The van der Waals surface area contributed by atoms with Gasteiger partial charge in [-0.2, -0.15) is 0 Å². The molecule has 0 bridgehead atoms. The van der Waals surface area contributed by atoms with Gasteiger partial charge in [-0.05, 0) is 25.1 Å². The third kappa shape index (κ3) is 2.38. The molecule has 3 nitrogen and oxygen atoms in total. The fraction of sp³-hybridized carbons (Fsp3) is 0.0833. The van der Waals surface area contributed by atoms with E-state index in [1.165, 1.54) is 6.26 Å². The average Bonchev–Trinajstić information content (AvgIpc) is 2.69. The number of aryl methyl sites for hydroxylation is 1. The smallest absolute Gasteiger partial charge is 0.140 e. The molecule has 0 saturated heterocycles. The largest absolute Gasteiger partial charge is 0.468 e. The molecular weight excluding hydrogens is 258 g/mol. The molecule has 0 fully saturated rings. The van der Waals surface area contributed by atoms with E-state index in [4.69, 9.17) is 15.6 Å². The van der Waals surface area contributed by atoms with Crippen LogP contribution in [0.2, 0.25) is 0 Å². The molecule has 1 heterocycles. The van der Waals surface area contributed by atoms with E-state index < -0.39 is 11.6 Å². The first kappa shape index (κ1) is 12.6. The van der Waals surface area contributed by atoms with Crippen LogP contribution < -0.4 is 5.73 Å². The van der Waals surface area contributed by atoms with Crippen molar-refractivity contribution in [2.75, 3.05) is 0 Å². The van der Waals surface area contributed by atoms with Crippen molar-refractivity contribution in [2.24, 2.45) is 5.73 Å². The second kappa shape index (κ2) is 4.81. The molecule has 18 heavy (non-hydrogen) atoms. The lowest BCUT2D eigenvalue weighted by molar-refractivity contribution is 0.526. The predicted octanol–water partition coefficient (Wildman–Crippen LogP) is 3.30. The highest BCUT2D eigenvalue weighted by Crippen LogP contribution is 2.34. The fourth-order valence-electron chi connectivity index (χ4n) is 1.40. The van der Waals surface area contributed by atoms with Gasteiger partial charge in [0.25, 0.3) is 0 Å². The van der Waals surface area contributed by atoms with Gasteiger partial charge in [0, 0.05) is 5.56 Å². The zero-order valence-corrected chi connectivity index (χ0v) is 10.3. The first-order chi connectivity index (χ1) is 8.49. The van der Waals surface area contributed by atoms with Crippen LogP contribution in [0, 0.1) is 24.0 Å². The second-order valence-corrected chi connectivity index (χ2v) is 4.68. The van der Waals surface area contributed by atoms with E-state index in [0.29, 0.717) is 10.7 Å². The molecule has 6 heteroatoms. The van der Waals surface area contributed by atoms with Gasteiger partial charge in [-0.1, -0.05) is 11.8 Å². The molecule has 2 rings (SSSR count). The number of halogens is 2. The van der Waals surface area contributed by atoms with E-state index in [1.54, 1.807) is 13.0 Å². The van der Waals surface area contributed by atoms with E-state index in [2.05, 4.69) is 0 Å². The molecule has 1 aromatic carbocycles. The number of furan rings is 1. The molecule has 0 amide bonds. The number of nitrogens with one attached hydrogen (secondary N) is 1. The van der Waals surface area contributed by atoms with Crippen LogP contribution in [0.4, 0.5) is 8.78 Å². The molecule has 0 spiro atoms. The highest BCUT2D eigenvalue weighted by atomic mass is 32.2. The minimum atomic E-state index is -0.745. The normalized spacial score (nSPS) is 10.6. The minimum absolute atomic E-state index is 0.0262. The van der Waals surface area contributed by atoms with E-state index in [-0.39, 0.29) is 16.3 Å². The van der Waals surface area contributed by atoms with Crippen LogP contribution >= 0.6 is 11.8 Å². The van der Waals surface area contributed by atoms with Crippen molar-refractivity contribution >= 4 is 17.6 Å². The summed E-state index contributed by atoms with van der Waals surface area (Å²) in [4.78, 5) is 0.507. The maximum Gasteiger partial charge on any atom is 0.140 e. The predicted molar refractivity (Wildman–Crippen MR) is 64.9 cm³/mol. The van der Waals surface area contributed by atoms with Crippen molar-refractivity contribution in [3.05, 3.63) is 47.4 Å². The van der Waals surface area contributed by atoms with E-state index in [1.807, 2.05) is 0 Å². The Morgan fingerprint density at radius 3 is 2.39 bits per heavy atom. The Hall–Kier alpha value is -1.82. The minimum Gasteiger partial charge on any atom is -0.468 e. The maximum atomic E-state index is 13.8. The SMILES string of the molecule is Cc1occc1Sc1c(F)cc(C(=N)N)cc1F. The zero-order valence-electron chi connectivity index (χ0n) is 9.46. The Kier molecular flexibility index (Phi) is 3.38. The van der Waals surface area contributed by atoms with Crippen LogP contribution in [0.1, 0.15) is 11.3 Å². The van der Waals surface area contributed by atoms with Crippen LogP contribution in [-0.2, 0) is 0 Å². The van der Waals surface area contributed by atoms with Crippen molar-refractivity contribution in [3.63, 3.8) is 0 Å². The number of hydrogen-bond acceptors (Lipinski definition) is 3. The maximum absolute atomic E-state index is 13.8. The standard InChI is InChI=1S/C12H10F2N2OS/c1-6-10(2-3-17-6)18-11-8(13)4-7(12(15)16)5-9(11)14/h2-5H,1H3,(H3,15,16). The molecule has 0 aliphatic carbocycles. The summed E-state index contributed by atoms with van der Waals surface area (Å²) in [6.45, 7) is 1.71. The molecule has 0 aliphatic heterocycles. The molecular formula is C12H10F2N2OS. The van der Waals surface area contributed by atoms with E-state index in [0.717, 1.165) is 23.9 Å². The highest BCUT2D eigenvalue weighted by Gasteiger charge is 2.15. The van der Waals surface area contributed by atoms with Crippen molar-refractivity contribution in [1.82, 2.24) is 0 Å². The Labute approximate surface area is 106 Å². The van der Waals surface area contributed by atoms with Gasteiger partial charge in [0.05, 0.1) is 16.1 Å². The number of nitrogen functional groups attached to an aromatic ring is 1. The van der Waals surface area contributed by atoms with Crippen LogP contribution in [0.5, 0.6) is 0 Å². The van der Waals surface area contributed by atoms with Crippen LogP contribution in [0.25, 0.3) is 0 Å². The third-order valence-corrected chi connectivity index (χ3v) is 3.57. The van der Waals surface area contributed by atoms with Crippen molar-refractivity contribution in [1.29, 1.82) is 5.41 Å². The summed E-state index contributed by atoms with van der Waals surface area (Å²) < 4.78 is 32.6. The number of rotatable bonds is 3. The van der Waals surface area contributed by atoms with Crippen molar-refractivity contribution < 1.29 is 13.2 Å². The number of benzene rings is 1. The summed E-state index contributed by atoms with van der Waals surface area (Å²) in [5.74, 6) is -1.27. The first-order valence-electron chi connectivity index (χ1n) is 5.04. The van der Waals surface area contributed by atoms with Gasteiger partial charge in [-0.3, -0.25) is 5.41 Å². The summed E-state index contributed by atoms with van der Waals surface area (Å²) in [7, 11) is 0. The molecule has 94 valence electrons. The lowest BCUT2D eigenvalue weighted by Gasteiger charge is -2.06. The summed E-state index contributed by atoms with van der Waals surface area (Å²) >= 11 is 0.939. The molecule has 0 saturated carbocycles. The zero-order chi connectivity index (χ0) is 13.3. The lowest BCUT2D eigenvalue weighted by Crippen LogP contribution is -2.12. The fourth-order valence-corrected chi connectivity index (χ4v) is 2.25. The van der Waals surface area contributed by atoms with Crippen molar-refractivity contribution in [2.45, 2.75) is 16.7 Å². The van der Waals surface area contributed by atoms with Crippen molar-refractivity contribution in [3.8, 4) is 0 Å². The molecule has 0 aliphatic rings. The Morgan fingerprint density at radius 2 is 1.94 bits per heavy atom. The number of nitrogens with two attached hydrogens (primary N) is 1. The van der Waals surface area contributed by atoms with Crippen LogP contribution in [-0.4, -0.2) is 5.84 Å². The third-order valence-electron chi connectivity index (χ3n) is 2.33. The Morgan fingerprint density at radius 1 is 1.33 bits per heavy atom. The Balaban J connectivity index is 2.40. The molecule has 0 atom stereocenters. The first-order valence-corrected chi connectivity index (χ1v) is 5.86. The van der Waals surface area contributed by atoms with Gasteiger partial charge in [0.1, 0.15) is 23.2 Å². The highest BCUT2D eigenvalue weighted by molar-refractivity contribution is 7.99. The summed E-state index contributed by atoms with van der Waals surface area (Å²) in [6.07, 6.45) is 1.46. The van der Waals surface area contributed by atoms with Gasteiger partial charge in [-0.15, -0.1) is 0 Å². The van der Waals surface area contributed by atoms with E-state index in [9.17, 15) is 8.78 Å². The number of hydrogen-bond donors (Lipinski definition) is 2. The monoisotopic (exact) mass is 268 g/mol. The lowest BCUT2D eigenvalue weighted by atomic mass is 10.2. The molecule has 1 aromatic heterocycles. The summed E-state index contributed by atoms with van der Waals surface area (Å²) in [5, 5.41) is 7.15. The topological polar surface area (TPSA) is 63.0 Å².